The summed E-state index contributed by atoms with van der Waals surface area (Å²) >= 11 is 0. The second kappa shape index (κ2) is 7.97. The fourth-order valence-corrected chi connectivity index (χ4v) is 3.62. The second-order valence-electron chi connectivity index (χ2n) is 7.10. The van der Waals surface area contributed by atoms with E-state index in [1.54, 1.807) is 11.0 Å². The van der Waals surface area contributed by atoms with Gasteiger partial charge in [0.05, 0.1) is 16.6 Å². The van der Waals surface area contributed by atoms with Crippen molar-refractivity contribution in [3.63, 3.8) is 0 Å². The van der Waals surface area contributed by atoms with Crippen molar-refractivity contribution in [2.75, 3.05) is 44.3 Å². The average Bonchev–Trinajstić information content (AvgIpc) is 2.77. The van der Waals surface area contributed by atoms with Gasteiger partial charge in [0.1, 0.15) is 18.8 Å². The summed E-state index contributed by atoms with van der Waals surface area (Å²) in [5.41, 5.74) is -0.820. The van der Waals surface area contributed by atoms with E-state index in [1.807, 2.05) is 0 Å². The number of nitro groups is 1. The number of benzene rings is 2. The third-order valence-corrected chi connectivity index (χ3v) is 5.19. The minimum Gasteiger partial charge on any atom is -0.486 e. The fourth-order valence-electron chi connectivity index (χ4n) is 3.62. The van der Waals surface area contributed by atoms with Gasteiger partial charge in [-0.25, -0.2) is 0 Å². The number of carbonyl (C=O) groups excluding carboxylic acids is 1. The average molecular weight is 437 g/mol. The highest BCUT2D eigenvalue weighted by molar-refractivity contribution is 5.99. The van der Waals surface area contributed by atoms with Crippen molar-refractivity contribution in [2.24, 2.45) is 0 Å². The van der Waals surface area contributed by atoms with Gasteiger partial charge in [0.15, 0.2) is 11.5 Å². The fraction of sp³-hybridized carbons (Fsp3) is 0.350. The van der Waals surface area contributed by atoms with E-state index >= 15 is 0 Å². The number of ether oxygens (including phenoxy) is 2. The molecule has 2 aromatic rings. The Hall–Kier alpha value is -3.50. The van der Waals surface area contributed by atoms with Crippen LogP contribution in [-0.4, -0.2) is 55.1 Å². The molecule has 1 amide bonds. The number of rotatable bonds is 3. The molecule has 0 radical (unpaired) electrons. The molecule has 0 aliphatic carbocycles. The van der Waals surface area contributed by atoms with Crippen LogP contribution in [0.1, 0.15) is 15.9 Å². The van der Waals surface area contributed by atoms with Crippen LogP contribution in [0.4, 0.5) is 24.5 Å². The van der Waals surface area contributed by atoms with Crippen LogP contribution >= 0.6 is 0 Å². The number of fused-ring (bicyclic) bond motifs is 1. The van der Waals surface area contributed by atoms with Crippen LogP contribution in [0.3, 0.4) is 0 Å². The summed E-state index contributed by atoms with van der Waals surface area (Å²) in [6.45, 7) is 1.54. The molecule has 8 nitrogen and oxygen atoms in total. The maximum Gasteiger partial charge on any atom is 0.416 e. The molecule has 1 fully saturated rings. The summed E-state index contributed by atoms with van der Waals surface area (Å²) in [5.74, 6) is -0.0565. The van der Waals surface area contributed by atoms with Gasteiger partial charge >= 0.3 is 6.18 Å². The van der Waals surface area contributed by atoms with Gasteiger partial charge in [0.25, 0.3) is 11.6 Å². The number of hydrogen-bond donors (Lipinski definition) is 0. The van der Waals surface area contributed by atoms with Crippen LogP contribution in [0.15, 0.2) is 36.4 Å². The Bertz CT molecular complexity index is 1020. The van der Waals surface area contributed by atoms with Crippen molar-refractivity contribution in [1.29, 1.82) is 0 Å². The zero-order chi connectivity index (χ0) is 22.2. The molecule has 11 heteroatoms. The molecular weight excluding hydrogens is 419 g/mol. The van der Waals surface area contributed by atoms with Crippen molar-refractivity contribution >= 4 is 17.3 Å². The minimum absolute atomic E-state index is 0.109. The number of nitrogens with zero attached hydrogens (tertiary/aromatic N) is 3. The Kier molecular flexibility index (Phi) is 5.34. The van der Waals surface area contributed by atoms with Gasteiger partial charge in [0, 0.05) is 37.9 Å². The zero-order valence-corrected chi connectivity index (χ0v) is 16.2. The van der Waals surface area contributed by atoms with Crippen molar-refractivity contribution < 1.29 is 32.4 Å². The van der Waals surface area contributed by atoms with E-state index in [-0.39, 0.29) is 49.1 Å². The standard InChI is InChI=1S/C20H18F3N3O5/c21-20(22,23)13-2-1-3-14(10-13)24-4-6-25(7-5-24)19(27)15-11-17-18(31-9-8-30-17)12-16(15)26(28)29/h1-3,10-12H,4-9H2. The number of nitro benzene ring substituents is 1. The van der Waals surface area contributed by atoms with Crippen LogP contribution in [0, 0.1) is 10.1 Å². The van der Waals surface area contributed by atoms with E-state index in [0.29, 0.717) is 18.8 Å². The molecule has 0 saturated carbocycles. The number of piperazine rings is 1. The third kappa shape index (κ3) is 4.21. The normalized spacial score (nSPS) is 16.2. The van der Waals surface area contributed by atoms with Gasteiger partial charge < -0.3 is 19.3 Å². The lowest BCUT2D eigenvalue weighted by atomic mass is 10.1. The summed E-state index contributed by atoms with van der Waals surface area (Å²) in [5, 5.41) is 11.5. The zero-order valence-electron chi connectivity index (χ0n) is 16.2. The molecule has 2 aliphatic heterocycles. The van der Waals surface area contributed by atoms with Crippen LogP contribution < -0.4 is 14.4 Å². The monoisotopic (exact) mass is 437 g/mol. The van der Waals surface area contributed by atoms with Crippen molar-refractivity contribution in [1.82, 2.24) is 4.90 Å². The first-order valence-corrected chi connectivity index (χ1v) is 9.53. The molecule has 0 atom stereocenters. The molecule has 1 saturated heterocycles. The topological polar surface area (TPSA) is 85.1 Å². The maximum absolute atomic E-state index is 13.0. The Labute approximate surface area is 174 Å². The SMILES string of the molecule is O=C(c1cc2c(cc1[N+](=O)[O-])OCCO2)N1CCN(c2cccc(C(F)(F)F)c2)CC1. The summed E-state index contributed by atoms with van der Waals surface area (Å²) < 4.78 is 49.7. The molecule has 0 bridgehead atoms. The lowest BCUT2D eigenvalue weighted by Gasteiger charge is -2.36. The largest absolute Gasteiger partial charge is 0.486 e. The van der Waals surface area contributed by atoms with Crippen LogP contribution in [0.25, 0.3) is 0 Å². The lowest BCUT2D eigenvalue weighted by molar-refractivity contribution is -0.385. The first-order chi connectivity index (χ1) is 14.7. The molecule has 4 rings (SSSR count). The quantitative estimate of drug-likeness (QED) is 0.541. The summed E-state index contributed by atoms with van der Waals surface area (Å²) in [6, 6.07) is 7.49. The van der Waals surface area contributed by atoms with Gasteiger partial charge in [-0.1, -0.05) is 6.07 Å². The summed E-state index contributed by atoms with van der Waals surface area (Å²) in [4.78, 5) is 27.0. The maximum atomic E-state index is 13.0. The predicted molar refractivity (Wildman–Crippen MR) is 104 cm³/mol. The predicted octanol–water partition coefficient (Wildman–Crippen LogP) is 3.35. The Morgan fingerprint density at radius 3 is 2.26 bits per heavy atom. The highest BCUT2D eigenvalue weighted by Gasteiger charge is 2.33. The minimum atomic E-state index is -4.44. The first-order valence-electron chi connectivity index (χ1n) is 9.53. The van der Waals surface area contributed by atoms with Gasteiger partial charge in [0.2, 0.25) is 0 Å². The van der Waals surface area contributed by atoms with Crippen molar-refractivity contribution in [3.05, 3.63) is 57.6 Å². The Morgan fingerprint density at radius 1 is 1.00 bits per heavy atom. The van der Waals surface area contributed by atoms with E-state index in [2.05, 4.69) is 0 Å². The molecule has 164 valence electrons. The number of alkyl halides is 3. The van der Waals surface area contributed by atoms with E-state index in [0.717, 1.165) is 12.1 Å². The highest BCUT2D eigenvalue weighted by Crippen LogP contribution is 2.37. The number of amides is 1. The van der Waals surface area contributed by atoms with Crippen LogP contribution in [0.2, 0.25) is 0 Å². The Morgan fingerprint density at radius 2 is 1.65 bits per heavy atom. The smallest absolute Gasteiger partial charge is 0.416 e. The molecular formula is C20H18F3N3O5. The molecule has 2 heterocycles. The van der Waals surface area contributed by atoms with Gasteiger partial charge in [-0.05, 0) is 18.2 Å². The van der Waals surface area contributed by atoms with Crippen LogP contribution in [-0.2, 0) is 6.18 Å². The molecule has 0 spiro atoms. The first kappa shape index (κ1) is 20.8. The second-order valence-corrected chi connectivity index (χ2v) is 7.10. The molecule has 0 N–H and O–H groups in total. The van der Waals surface area contributed by atoms with E-state index in [1.165, 1.54) is 23.1 Å². The lowest BCUT2D eigenvalue weighted by Crippen LogP contribution is -2.49. The summed E-state index contributed by atoms with van der Waals surface area (Å²) in [7, 11) is 0. The van der Waals surface area contributed by atoms with Gasteiger partial charge in [-0.3, -0.25) is 14.9 Å². The Balaban J connectivity index is 1.51. The third-order valence-electron chi connectivity index (χ3n) is 5.19. The number of anilines is 1. The number of hydrogen-bond acceptors (Lipinski definition) is 6. The molecule has 0 unspecified atom stereocenters. The molecule has 31 heavy (non-hydrogen) atoms. The highest BCUT2D eigenvalue weighted by atomic mass is 19.4. The van der Waals surface area contributed by atoms with E-state index in [4.69, 9.17) is 9.47 Å². The summed E-state index contributed by atoms with van der Waals surface area (Å²) in [6.07, 6.45) is -4.44. The van der Waals surface area contributed by atoms with Crippen molar-refractivity contribution in [2.45, 2.75) is 6.18 Å². The van der Waals surface area contributed by atoms with Gasteiger partial charge in [-0.2, -0.15) is 13.2 Å². The van der Waals surface area contributed by atoms with Gasteiger partial charge in [-0.15, -0.1) is 0 Å². The molecule has 2 aromatic carbocycles. The molecule has 0 aromatic heterocycles. The van der Waals surface area contributed by atoms with E-state index in [9.17, 15) is 28.1 Å². The molecule has 2 aliphatic rings. The van der Waals surface area contributed by atoms with Crippen molar-refractivity contribution in [3.8, 4) is 11.5 Å². The number of halogens is 3. The van der Waals surface area contributed by atoms with Crippen LogP contribution in [0.5, 0.6) is 11.5 Å². The van der Waals surface area contributed by atoms with E-state index < -0.39 is 22.6 Å². The number of carbonyl (C=O) groups is 1.